The largest absolute Gasteiger partial charge is 0.369 e. The normalized spacial score (nSPS) is 10.0. The van der Waals surface area contributed by atoms with Crippen LogP contribution < -0.4 is 5.73 Å². The van der Waals surface area contributed by atoms with Gasteiger partial charge in [0.25, 0.3) is 5.69 Å². The third-order valence-electron chi connectivity index (χ3n) is 1.68. The summed E-state index contributed by atoms with van der Waals surface area (Å²) >= 11 is 11.3. The molecule has 2 N–H and O–H groups in total. The molecule has 15 heavy (non-hydrogen) atoms. The molecule has 0 aliphatic rings. The van der Waals surface area contributed by atoms with Gasteiger partial charge in [0.05, 0.1) is 21.4 Å². The SMILES string of the molecule is NC(=O)Cc1cc(Cl)c(Cl)cc1[N+](=O)[O-]. The second kappa shape index (κ2) is 4.46. The van der Waals surface area contributed by atoms with Crippen molar-refractivity contribution in [2.45, 2.75) is 6.42 Å². The van der Waals surface area contributed by atoms with Crippen LogP contribution in [0.3, 0.4) is 0 Å². The van der Waals surface area contributed by atoms with Crippen LogP contribution in [-0.4, -0.2) is 10.8 Å². The molecule has 7 heteroatoms. The zero-order valence-corrected chi connectivity index (χ0v) is 8.88. The van der Waals surface area contributed by atoms with Crippen molar-refractivity contribution in [1.82, 2.24) is 0 Å². The third-order valence-corrected chi connectivity index (χ3v) is 2.41. The Kier molecular flexibility index (Phi) is 3.49. The summed E-state index contributed by atoms with van der Waals surface area (Å²) in [5.41, 5.74) is 4.84. The summed E-state index contributed by atoms with van der Waals surface area (Å²) in [6, 6.07) is 2.37. The molecule has 80 valence electrons. The quantitative estimate of drug-likeness (QED) is 0.655. The fraction of sp³-hybridized carbons (Fsp3) is 0.125. The van der Waals surface area contributed by atoms with Crippen molar-refractivity contribution in [3.63, 3.8) is 0 Å². The van der Waals surface area contributed by atoms with Gasteiger partial charge < -0.3 is 5.73 Å². The van der Waals surface area contributed by atoms with Gasteiger partial charge in [0.15, 0.2) is 0 Å². The molecule has 0 aliphatic heterocycles. The second-order valence-electron chi connectivity index (χ2n) is 2.80. The molecule has 1 aromatic rings. The zero-order valence-electron chi connectivity index (χ0n) is 7.37. The average molecular weight is 249 g/mol. The molecule has 0 saturated heterocycles. The number of carbonyl (C=O) groups is 1. The molecule has 0 aromatic heterocycles. The number of amides is 1. The molecule has 0 bridgehead atoms. The second-order valence-corrected chi connectivity index (χ2v) is 3.61. The molecule has 0 aliphatic carbocycles. The van der Waals surface area contributed by atoms with Crippen LogP contribution in [0.25, 0.3) is 0 Å². The topological polar surface area (TPSA) is 86.2 Å². The highest BCUT2D eigenvalue weighted by atomic mass is 35.5. The number of hydrogen-bond acceptors (Lipinski definition) is 3. The lowest BCUT2D eigenvalue weighted by atomic mass is 10.1. The van der Waals surface area contributed by atoms with Crippen LogP contribution in [0.1, 0.15) is 5.56 Å². The molecule has 5 nitrogen and oxygen atoms in total. The van der Waals surface area contributed by atoms with E-state index < -0.39 is 10.8 Å². The first-order valence-electron chi connectivity index (χ1n) is 3.82. The maximum absolute atomic E-state index is 10.7. The third kappa shape index (κ3) is 2.81. The highest BCUT2D eigenvalue weighted by Crippen LogP contribution is 2.30. The standard InChI is InChI=1S/C8H6Cl2N2O3/c9-5-1-4(2-8(11)13)7(12(14)15)3-6(5)10/h1,3H,2H2,(H2,11,13). The Bertz CT molecular complexity index is 434. The minimum atomic E-state index is -0.670. The van der Waals surface area contributed by atoms with Gasteiger partial charge in [-0.1, -0.05) is 23.2 Å². The molecule has 0 saturated carbocycles. The predicted molar refractivity (Wildman–Crippen MR) is 56.0 cm³/mol. The van der Waals surface area contributed by atoms with Gasteiger partial charge in [-0.05, 0) is 6.07 Å². The Morgan fingerprint density at radius 1 is 1.40 bits per heavy atom. The van der Waals surface area contributed by atoms with E-state index in [0.29, 0.717) is 0 Å². The van der Waals surface area contributed by atoms with Crippen molar-refractivity contribution in [2.75, 3.05) is 0 Å². The van der Waals surface area contributed by atoms with Crippen molar-refractivity contribution < 1.29 is 9.72 Å². The maximum atomic E-state index is 10.7. The number of hydrogen-bond donors (Lipinski definition) is 1. The van der Waals surface area contributed by atoms with Crippen LogP contribution in [0.15, 0.2) is 12.1 Å². The molecular weight excluding hydrogens is 243 g/mol. The monoisotopic (exact) mass is 248 g/mol. The summed E-state index contributed by atoms with van der Waals surface area (Å²) in [6.45, 7) is 0. The molecular formula is C8H6Cl2N2O3. The van der Waals surface area contributed by atoms with E-state index in [9.17, 15) is 14.9 Å². The average Bonchev–Trinajstić information content (AvgIpc) is 2.09. The fourth-order valence-corrected chi connectivity index (χ4v) is 1.42. The summed E-state index contributed by atoms with van der Waals surface area (Å²) in [6.07, 6.45) is -0.243. The Balaban J connectivity index is 3.28. The van der Waals surface area contributed by atoms with Gasteiger partial charge in [0, 0.05) is 11.6 Å². The Morgan fingerprint density at radius 2 is 1.93 bits per heavy atom. The molecule has 0 radical (unpaired) electrons. The number of halogens is 2. The van der Waals surface area contributed by atoms with Gasteiger partial charge in [-0.2, -0.15) is 0 Å². The lowest BCUT2D eigenvalue weighted by Gasteiger charge is -2.02. The van der Waals surface area contributed by atoms with Crippen LogP contribution in [0.4, 0.5) is 5.69 Å². The van der Waals surface area contributed by atoms with Gasteiger partial charge in [-0.25, -0.2) is 0 Å². The van der Waals surface area contributed by atoms with Crippen molar-refractivity contribution >= 4 is 34.8 Å². The van der Waals surface area contributed by atoms with E-state index in [0.717, 1.165) is 6.07 Å². The molecule has 1 aromatic carbocycles. The maximum Gasteiger partial charge on any atom is 0.274 e. The van der Waals surface area contributed by atoms with E-state index in [1.165, 1.54) is 6.07 Å². The number of rotatable bonds is 3. The number of nitrogens with two attached hydrogens (primary N) is 1. The highest BCUT2D eigenvalue weighted by molar-refractivity contribution is 6.42. The van der Waals surface area contributed by atoms with Crippen LogP contribution in [0.5, 0.6) is 0 Å². The van der Waals surface area contributed by atoms with Crippen molar-refractivity contribution in [3.8, 4) is 0 Å². The molecule has 0 fully saturated rings. The summed E-state index contributed by atoms with van der Waals surface area (Å²) in [4.78, 5) is 20.6. The van der Waals surface area contributed by atoms with Gasteiger partial charge in [-0.3, -0.25) is 14.9 Å². The molecule has 1 rings (SSSR count). The van der Waals surface area contributed by atoms with Crippen molar-refractivity contribution in [2.24, 2.45) is 5.73 Å². The summed E-state index contributed by atoms with van der Waals surface area (Å²) in [7, 11) is 0. The van der Waals surface area contributed by atoms with E-state index in [-0.39, 0.29) is 27.7 Å². The van der Waals surface area contributed by atoms with Gasteiger partial charge in [0.2, 0.25) is 5.91 Å². The first-order chi connectivity index (χ1) is 6.91. The van der Waals surface area contributed by atoms with E-state index in [1.807, 2.05) is 0 Å². The minimum absolute atomic E-state index is 0.0663. The molecule has 0 atom stereocenters. The van der Waals surface area contributed by atoms with Crippen molar-refractivity contribution in [1.29, 1.82) is 0 Å². The van der Waals surface area contributed by atoms with E-state index in [4.69, 9.17) is 28.9 Å². The lowest BCUT2D eigenvalue weighted by Crippen LogP contribution is -2.14. The first kappa shape index (κ1) is 11.7. The molecule has 1 amide bonds. The Labute approximate surface area is 94.9 Å². The van der Waals surface area contributed by atoms with E-state index in [2.05, 4.69) is 0 Å². The van der Waals surface area contributed by atoms with E-state index >= 15 is 0 Å². The van der Waals surface area contributed by atoms with Crippen LogP contribution in [0.2, 0.25) is 10.0 Å². The zero-order chi connectivity index (χ0) is 11.6. The number of nitrogens with zero attached hydrogens (tertiary/aromatic N) is 1. The molecule has 0 unspecified atom stereocenters. The summed E-state index contributed by atoms with van der Waals surface area (Å²) in [5.74, 6) is -0.670. The van der Waals surface area contributed by atoms with Gasteiger partial charge >= 0.3 is 0 Å². The smallest absolute Gasteiger partial charge is 0.274 e. The number of benzene rings is 1. The number of carbonyl (C=O) groups excluding carboxylic acids is 1. The lowest BCUT2D eigenvalue weighted by molar-refractivity contribution is -0.385. The predicted octanol–water partition coefficient (Wildman–Crippen LogP) is 1.93. The molecule has 0 heterocycles. The highest BCUT2D eigenvalue weighted by Gasteiger charge is 2.18. The van der Waals surface area contributed by atoms with Crippen molar-refractivity contribution in [3.05, 3.63) is 37.9 Å². The van der Waals surface area contributed by atoms with Crippen LogP contribution >= 0.6 is 23.2 Å². The minimum Gasteiger partial charge on any atom is -0.369 e. The Hall–Kier alpha value is -1.33. The number of primary amides is 1. The summed E-state index contributed by atoms with van der Waals surface area (Å²) in [5, 5.41) is 10.8. The Morgan fingerprint density at radius 3 is 2.40 bits per heavy atom. The van der Waals surface area contributed by atoms with Crippen LogP contribution in [0, 0.1) is 10.1 Å². The molecule has 0 spiro atoms. The van der Waals surface area contributed by atoms with E-state index in [1.54, 1.807) is 0 Å². The first-order valence-corrected chi connectivity index (χ1v) is 4.58. The van der Waals surface area contributed by atoms with Gasteiger partial charge in [0.1, 0.15) is 0 Å². The summed E-state index contributed by atoms with van der Waals surface area (Å²) < 4.78 is 0. The van der Waals surface area contributed by atoms with Gasteiger partial charge in [-0.15, -0.1) is 0 Å². The fourth-order valence-electron chi connectivity index (χ4n) is 1.08. The number of nitro benzene ring substituents is 1. The number of nitro groups is 1. The van der Waals surface area contributed by atoms with Crippen LogP contribution in [-0.2, 0) is 11.2 Å².